The first-order valence-corrected chi connectivity index (χ1v) is 7.77. The number of nitro benzene ring substituents is 1. The molecule has 0 fully saturated rings. The average molecular weight is 387 g/mol. The predicted octanol–water partition coefficient (Wildman–Crippen LogP) is 4.01. The predicted molar refractivity (Wildman–Crippen MR) is 92.6 cm³/mol. The Morgan fingerprint density at radius 1 is 1.25 bits per heavy atom. The lowest BCUT2D eigenvalue weighted by molar-refractivity contribution is -0.385. The van der Waals surface area contributed by atoms with Gasteiger partial charge in [-0.2, -0.15) is 0 Å². The van der Waals surface area contributed by atoms with E-state index in [2.05, 4.69) is 20.9 Å². The largest absolute Gasteiger partial charge is 0.402 e. The maximum atomic E-state index is 12.0. The minimum Gasteiger partial charge on any atom is -0.402 e. The van der Waals surface area contributed by atoms with Crippen LogP contribution < -0.4 is 0 Å². The summed E-state index contributed by atoms with van der Waals surface area (Å²) in [5, 5.41) is 10.9. The first kappa shape index (κ1) is 16.1. The highest BCUT2D eigenvalue weighted by atomic mass is 79.9. The molecule has 0 saturated heterocycles. The number of rotatable bonds is 3. The van der Waals surface area contributed by atoms with Gasteiger partial charge in [-0.1, -0.05) is 34.1 Å². The summed E-state index contributed by atoms with van der Waals surface area (Å²) in [6.45, 7) is 1.62. The van der Waals surface area contributed by atoms with E-state index in [1.165, 1.54) is 12.1 Å². The van der Waals surface area contributed by atoms with Crippen molar-refractivity contribution < 1.29 is 14.5 Å². The zero-order valence-corrected chi connectivity index (χ0v) is 14.1. The Labute approximate surface area is 145 Å². The van der Waals surface area contributed by atoms with E-state index in [1.807, 2.05) is 24.3 Å². The average Bonchev–Trinajstić information content (AvgIpc) is 2.90. The van der Waals surface area contributed by atoms with Crippen LogP contribution in [0.2, 0.25) is 0 Å². The molecule has 120 valence electrons. The van der Waals surface area contributed by atoms with Gasteiger partial charge < -0.3 is 4.74 Å². The number of aryl methyl sites for hydroxylation is 1. The van der Waals surface area contributed by atoms with E-state index < -0.39 is 10.9 Å². The molecule has 0 unspecified atom stereocenters. The summed E-state index contributed by atoms with van der Waals surface area (Å²) in [7, 11) is 0. The molecule has 1 aliphatic heterocycles. The van der Waals surface area contributed by atoms with Crippen molar-refractivity contribution >= 4 is 39.6 Å². The summed E-state index contributed by atoms with van der Waals surface area (Å²) in [5.74, 6) is -0.423. The van der Waals surface area contributed by atoms with E-state index in [4.69, 9.17) is 4.74 Å². The minimum atomic E-state index is -0.559. The van der Waals surface area contributed by atoms with Gasteiger partial charge >= 0.3 is 5.97 Å². The molecule has 1 heterocycles. The van der Waals surface area contributed by atoms with Crippen LogP contribution in [0.15, 0.2) is 57.6 Å². The van der Waals surface area contributed by atoms with Crippen molar-refractivity contribution in [2.45, 2.75) is 6.92 Å². The van der Waals surface area contributed by atoms with Crippen LogP contribution in [0.25, 0.3) is 6.08 Å². The second kappa shape index (κ2) is 6.37. The summed E-state index contributed by atoms with van der Waals surface area (Å²) < 4.78 is 6.02. The van der Waals surface area contributed by atoms with E-state index in [1.54, 1.807) is 19.1 Å². The molecule has 0 aromatic heterocycles. The third-order valence-electron chi connectivity index (χ3n) is 3.46. The Hall–Kier alpha value is -2.80. The molecule has 0 spiro atoms. The number of hydrogen-bond donors (Lipinski definition) is 0. The van der Waals surface area contributed by atoms with E-state index >= 15 is 0 Å². The van der Waals surface area contributed by atoms with Crippen molar-refractivity contribution in [1.29, 1.82) is 0 Å². The number of carbonyl (C=O) groups excluding carboxylic acids is 1. The molecule has 3 rings (SSSR count). The Morgan fingerprint density at radius 3 is 2.67 bits per heavy atom. The highest BCUT2D eigenvalue weighted by Crippen LogP contribution is 2.25. The molecule has 7 heteroatoms. The van der Waals surface area contributed by atoms with Gasteiger partial charge in [-0.3, -0.25) is 10.1 Å². The molecule has 0 radical (unpaired) electrons. The van der Waals surface area contributed by atoms with Crippen molar-refractivity contribution in [1.82, 2.24) is 0 Å². The van der Waals surface area contributed by atoms with Crippen LogP contribution >= 0.6 is 15.9 Å². The van der Waals surface area contributed by atoms with E-state index in [0.717, 1.165) is 10.0 Å². The number of esters is 1. The number of hydrogen-bond acceptors (Lipinski definition) is 5. The maximum Gasteiger partial charge on any atom is 0.363 e. The molecule has 0 saturated carbocycles. The number of halogens is 1. The van der Waals surface area contributed by atoms with Gasteiger partial charge in [-0.15, -0.1) is 0 Å². The number of cyclic esters (lactones) is 1. The number of benzene rings is 2. The van der Waals surface area contributed by atoms with Gasteiger partial charge in [-0.25, -0.2) is 9.79 Å². The fourth-order valence-corrected chi connectivity index (χ4v) is 2.66. The summed E-state index contributed by atoms with van der Waals surface area (Å²) in [6.07, 6.45) is 1.62. The van der Waals surface area contributed by atoms with Gasteiger partial charge in [0.05, 0.1) is 4.92 Å². The third-order valence-corrected chi connectivity index (χ3v) is 4.18. The summed E-state index contributed by atoms with van der Waals surface area (Å²) in [5.41, 5.74) is 1.97. The van der Waals surface area contributed by atoms with Crippen LogP contribution in [0.3, 0.4) is 0 Å². The topological polar surface area (TPSA) is 81.8 Å². The zero-order valence-electron chi connectivity index (χ0n) is 12.5. The van der Waals surface area contributed by atoms with E-state index in [-0.39, 0.29) is 17.3 Å². The van der Waals surface area contributed by atoms with Gasteiger partial charge in [0.2, 0.25) is 5.90 Å². The SMILES string of the molecule is Cc1cc(C2=NC(=Cc3ccccc3Br)C(=O)O2)ccc1[N+](=O)[O-]. The number of nitrogens with zero attached hydrogens (tertiary/aromatic N) is 2. The normalized spacial score (nSPS) is 15.3. The van der Waals surface area contributed by atoms with Gasteiger partial charge in [0, 0.05) is 21.7 Å². The molecule has 1 aliphatic rings. The first-order valence-electron chi connectivity index (χ1n) is 6.98. The van der Waals surface area contributed by atoms with Crippen LogP contribution in [0.1, 0.15) is 16.7 Å². The molecule has 0 atom stereocenters. The Bertz CT molecular complexity index is 919. The van der Waals surface area contributed by atoms with Crippen LogP contribution in [0.5, 0.6) is 0 Å². The number of carbonyl (C=O) groups is 1. The smallest absolute Gasteiger partial charge is 0.363 e. The Morgan fingerprint density at radius 2 is 2.00 bits per heavy atom. The van der Waals surface area contributed by atoms with Crippen molar-refractivity contribution in [2.24, 2.45) is 4.99 Å². The van der Waals surface area contributed by atoms with E-state index in [9.17, 15) is 14.9 Å². The molecule has 0 amide bonds. The lowest BCUT2D eigenvalue weighted by Crippen LogP contribution is -2.06. The van der Waals surface area contributed by atoms with Gasteiger partial charge in [0.15, 0.2) is 5.70 Å². The molecule has 0 aliphatic carbocycles. The highest BCUT2D eigenvalue weighted by molar-refractivity contribution is 9.10. The molecule has 6 nitrogen and oxygen atoms in total. The van der Waals surface area contributed by atoms with Gasteiger partial charge in [0.1, 0.15) is 0 Å². The summed E-state index contributed by atoms with van der Waals surface area (Å²) in [6, 6.07) is 11.9. The maximum absolute atomic E-state index is 12.0. The van der Waals surface area contributed by atoms with Crippen molar-refractivity contribution in [3.63, 3.8) is 0 Å². The standard InChI is InChI=1S/C17H11BrN2O4/c1-10-8-12(6-7-15(10)20(22)23)16-19-14(17(21)24-16)9-11-4-2-3-5-13(11)18/h2-9H,1H3. The number of nitro groups is 1. The van der Waals surface area contributed by atoms with Crippen molar-refractivity contribution in [2.75, 3.05) is 0 Å². The second-order valence-corrected chi connectivity index (χ2v) is 5.97. The molecule has 24 heavy (non-hydrogen) atoms. The molecule has 2 aromatic carbocycles. The van der Waals surface area contributed by atoms with Crippen LogP contribution in [0, 0.1) is 17.0 Å². The Balaban J connectivity index is 1.96. The number of aliphatic imine (C=N–C) groups is 1. The van der Waals surface area contributed by atoms with Crippen molar-refractivity contribution in [3.8, 4) is 0 Å². The molecule has 0 N–H and O–H groups in total. The minimum absolute atomic E-state index is 0.00709. The zero-order chi connectivity index (χ0) is 17.3. The third kappa shape index (κ3) is 3.11. The molecule has 2 aromatic rings. The monoisotopic (exact) mass is 386 g/mol. The van der Waals surface area contributed by atoms with Crippen LogP contribution in [-0.4, -0.2) is 16.8 Å². The second-order valence-electron chi connectivity index (χ2n) is 5.12. The quantitative estimate of drug-likeness (QED) is 0.345. The molecular weight excluding hydrogens is 376 g/mol. The van der Waals surface area contributed by atoms with Gasteiger partial charge in [-0.05, 0) is 36.8 Å². The highest BCUT2D eigenvalue weighted by Gasteiger charge is 2.25. The number of ether oxygens (including phenoxy) is 1. The van der Waals surface area contributed by atoms with Crippen LogP contribution in [-0.2, 0) is 9.53 Å². The van der Waals surface area contributed by atoms with E-state index in [0.29, 0.717) is 11.1 Å². The molecule has 0 bridgehead atoms. The lowest BCUT2D eigenvalue weighted by Gasteiger charge is -2.01. The lowest BCUT2D eigenvalue weighted by atomic mass is 10.1. The van der Waals surface area contributed by atoms with Crippen LogP contribution in [0.4, 0.5) is 5.69 Å². The fraction of sp³-hybridized carbons (Fsp3) is 0.0588. The fourth-order valence-electron chi connectivity index (χ4n) is 2.27. The van der Waals surface area contributed by atoms with Crippen molar-refractivity contribution in [3.05, 3.63) is 79.4 Å². The first-order chi connectivity index (χ1) is 11.5. The summed E-state index contributed by atoms with van der Waals surface area (Å²) >= 11 is 3.41. The molecular formula is C17H11BrN2O4. The van der Waals surface area contributed by atoms with Gasteiger partial charge in [0.25, 0.3) is 5.69 Å². The Kier molecular flexibility index (Phi) is 4.26. The summed E-state index contributed by atoms with van der Waals surface area (Å²) in [4.78, 5) is 26.6.